The summed E-state index contributed by atoms with van der Waals surface area (Å²) in [6, 6.07) is 10.2. The van der Waals surface area contributed by atoms with Gasteiger partial charge in [-0.1, -0.05) is 43.2 Å². The molecule has 0 bridgehead atoms. The summed E-state index contributed by atoms with van der Waals surface area (Å²) in [5, 5.41) is 0. The summed E-state index contributed by atoms with van der Waals surface area (Å²) in [7, 11) is 0. The maximum absolute atomic E-state index is 6.34. The molecule has 2 aromatic rings. The molecule has 1 heterocycles. The second-order valence-corrected chi connectivity index (χ2v) is 5.49. The fraction of sp³-hybridized carbons (Fsp3) is 0.438. The van der Waals surface area contributed by atoms with Crippen LogP contribution >= 0.6 is 0 Å². The normalized spacial score (nSPS) is 16.5. The molecule has 0 spiro atoms. The lowest BCUT2D eigenvalue weighted by Crippen LogP contribution is -2.16. The third-order valence-corrected chi connectivity index (χ3v) is 3.93. The van der Waals surface area contributed by atoms with Crippen molar-refractivity contribution in [2.45, 2.75) is 38.3 Å². The van der Waals surface area contributed by atoms with Crippen molar-refractivity contribution in [2.24, 2.45) is 11.7 Å². The van der Waals surface area contributed by atoms with Gasteiger partial charge in [-0.15, -0.1) is 0 Å². The summed E-state index contributed by atoms with van der Waals surface area (Å²) in [5.41, 5.74) is 8.60. The zero-order valence-corrected chi connectivity index (χ0v) is 11.2. The summed E-state index contributed by atoms with van der Waals surface area (Å²) in [6.07, 6.45) is 9.24. The van der Waals surface area contributed by atoms with E-state index in [1.165, 1.54) is 25.7 Å². The van der Waals surface area contributed by atoms with Crippen molar-refractivity contribution in [2.75, 3.05) is 0 Å². The molecule has 3 heteroatoms. The van der Waals surface area contributed by atoms with E-state index in [-0.39, 0.29) is 6.04 Å². The van der Waals surface area contributed by atoms with Crippen molar-refractivity contribution in [3.8, 4) is 0 Å². The largest absolute Gasteiger partial charge is 0.333 e. The minimum Gasteiger partial charge on any atom is -0.333 e. The summed E-state index contributed by atoms with van der Waals surface area (Å²) in [5.74, 6) is 0.995. The lowest BCUT2D eigenvalue weighted by atomic mass is 10.1. The molecule has 1 saturated carbocycles. The number of aryl methyl sites for hydroxylation is 1. The molecule has 0 saturated heterocycles. The molecule has 1 aliphatic rings. The predicted molar refractivity (Wildman–Crippen MR) is 76.7 cm³/mol. The third kappa shape index (κ3) is 3.04. The molecule has 1 unspecified atom stereocenters. The van der Waals surface area contributed by atoms with Gasteiger partial charge >= 0.3 is 0 Å². The number of benzene rings is 1. The van der Waals surface area contributed by atoms with Crippen LogP contribution < -0.4 is 5.73 Å². The Balaban J connectivity index is 1.68. The lowest BCUT2D eigenvalue weighted by molar-refractivity contribution is 0.555. The highest BCUT2D eigenvalue weighted by Gasteiger charge is 2.20. The predicted octanol–water partition coefficient (Wildman–Crippen LogP) is 3.12. The third-order valence-electron chi connectivity index (χ3n) is 3.93. The maximum atomic E-state index is 6.34. The van der Waals surface area contributed by atoms with E-state index in [1.807, 2.05) is 30.7 Å². The van der Waals surface area contributed by atoms with E-state index in [9.17, 15) is 0 Å². The molecule has 1 aliphatic carbocycles. The monoisotopic (exact) mass is 255 g/mol. The number of hydrogen-bond acceptors (Lipinski definition) is 2. The van der Waals surface area contributed by atoms with Gasteiger partial charge in [-0.2, -0.15) is 0 Å². The topological polar surface area (TPSA) is 43.8 Å². The number of rotatable bonds is 6. The molecule has 1 atom stereocenters. The highest BCUT2D eigenvalue weighted by atomic mass is 15.1. The van der Waals surface area contributed by atoms with Crippen LogP contribution in [-0.2, 0) is 6.54 Å². The minimum atomic E-state index is -0.0791. The van der Waals surface area contributed by atoms with Crippen LogP contribution in [0.5, 0.6) is 0 Å². The highest BCUT2D eigenvalue weighted by molar-refractivity contribution is 5.26. The van der Waals surface area contributed by atoms with E-state index >= 15 is 0 Å². The number of nitrogens with zero attached hydrogens (tertiary/aromatic N) is 2. The standard InChI is InChI=1S/C16H21N3/c17-16(14-6-2-1-3-7-14)15-11-18-12-19(15)10-4-5-13-8-9-13/h1-3,6-7,11-13,16H,4-5,8-10,17H2. The lowest BCUT2D eigenvalue weighted by Gasteiger charge is -2.15. The van der Waals surface area contributed by atoms with Gasteiger partial charge in [0, 0.05) is 6.54 Å². The van der Waals surface area contributed by atoms with E-state index in [0.717, 1.165) is 23.7 Å². The Hall–Kier alpha value is -1.61. The van der Waals surface area contributed by atoms with Crippen LogP contribution in [-0.4, -0.2) is 9.55 Å². The van der Waals surface area contributed by atoms with Crippen molar-refractivity contribution in [1.29, 1.82) is 0 Å². The molecule has 1 aromatic heterocycles. The van der Waals surface area contributed by atoms with Gasteiger partial charge in [0.15, 0.2) is 0 Å². The average molecular weight is 255 g/mol. The molecule has 100 valence electrons. The molecule has 0 aliphatic heterocycles. The summed E-state index contributed by atoms with van der Waals surface area (Å²) >= 11 is 0. The first-order valence-corrected chi connectivity index (χ1v) is 7.15. The van der Waals surface area contributed by atoms with E-state index in [4.69, 9.17) is 5.73 Å². The molecule has 1 aromatic carbocycles. The van der Waals surface area contributed by atoms with Crippen LogP contribution in [0.25, 0.3) is 0 Å². The Morgan fingerprint density at radius 3 is 2.79 bits per heavy atom. The summed E-state index contributed by atoms with van der Waals surface area (Å²) in [4.78, 5) is 4.27. The molecular weight excluding hydrogens is 234 g/mol. The number of aromatic nitrogens is 2. The van der Waals surface area contributed by atoms with Crippen LogP contribution in [0.15, 0.2) is 42.9 Å². The van der Waals surface area contributed by atoms with Gasteiger partial charge in [-0.3, -0.25) is 0 Å². The zero-order chi connectivity index (χ0) is 13.1. The smallest absolute Gasteiger partial charge is 0.0948 e. The summed E-state index contributed by atoms with van der Waals surface area (Å²) < 4.78 is 2.21. The first kappa shape index (κ1) is 12.4. The number of hydrogen-bond donors (Lipinski definition) is 1. The van der Waals surface area contributed by atoms with Gasteiger partial charge in [0.05, 0.1) is 24.3 Å². The van der Waals surface area contributed by atoms with Crippen molar-refractivity contribution in [1.82, 2.24) is 9.55 Å². The Morgan fingerprint density at radius 2 is 2.05 bits per heavy atom. The number of imidazole rings is 1. The van der Waals surface area contributed by atoms with Crippen molar-refractivity contribution in [3.05, 3.63) is 54.1 Å². The molecular formula is C16H21N3. The second-order valence-electron chi connectivity index (χ2n) is 5.49. The Morgan fingerprint density at radius 1 is 1.26 bits per heavy atom. The van der Waals surface area contributed by atoms with Crippen LogP contribution in [0, 0.1) is 5.92 Å². The molecule has 3 nitrogen and oxygen atoms in total. The SMILES string of the molecule is NC(c1ccccc1)c1cncn1CCCC1CC1. The first-order valence-electron chi connectivity index (χ1n) is 7.15. The van der Waals surface area contributed by atoms with Crippen molar-refractivity contribution in [3.63, 3.8) is 0 Å². The van der Waals surface area contributed by atoms with Crippen LogP contribution in [0.1, 0.15) is 43.0 Å². The molecule has 19 heavy (non-hydrogen) atoms. The van der Waals surface area contributed by atoms with Crippen molar-refractivity contribution < 1.29 is 0 Å². The van der Waals surface area contributed by atoms with E-state index in [2.05, 4.69) is 21.7 Å². The quantitative estimate of drug-likeness (QED) is 0.862. The Labute approximate surface area is 114 Å². The van der Waals surface area contributed by atoms with Crippen molar-refractivity contribution >= 4 is 0 Å². The first-order chi connectivity index (χ1) is 9.34. The number of nitrogens with two attached hydrogens (primary N) is 1. The molecule has 0 amide bonds. The second kappa shape index (κ2) is 5.57. The van der Waals surface area contributed by atoms with E-state index < -0.39 is 0 Å². The summed E-state index contributed by atoms with van der Waals surface area (Å²) in [6.45, 7) is 1.03. The van der Waals surface area contributed by atoms with Crippen LogP contribution in [0.3, 0.4) is 0 Å². The van der Waals surface area contributed by atoms with E-state index in [1.54, 1.807) is 0 Å². The zero-order valence-electron chi connectivity index (χ0n) is 11.2. The minimum absolute atomic E-state index is 0.0791. The van der Waals surface area contributed by atoms with Crippen LogP contribution in [0.2, 0.25) is 0 Å². The van der Waals surface area contributed by atoms with Gasteiger partial charge < -0.3 is 10.3 Å². The van der Waals surface area contributed by atoms with E-state index in [0.29, 0.717) is 0 Å². The van der Waals surface area contributed by atoms with Gasteiger partial charge in [-0.05, 0) is 24.3 Å². The fourth-order valence-corrected chi connectivity index (χ4v) is 2.56. The van der Waals surface area contributed by atoms with Gasteiger partial charge in [0.25, 0.3) is 0 Å². The molecule has 1 fully saturated rings. The molecule has 3 rings (SSSR count). The van der Waals surface area contributed by atoms with Crippen LogP contribution in [0.4, 0.5) is 0 Å². The molecule has 2 N–H and O–H groups in total. The van der Waals surface area contributed by atoms with Gasteiger partial charge in [-0.25, -0.2) is 4.98 Å². The highest BCUT2D eigenvalue weighted by Crippen LogP contribution is 2.33. The maximum Gasteiger partial charge on any atom is 0.0948 e. The fourth-order valence-electron chi connectivity index (χ4n) is 2.56. The molecule has 0 radical (unpaired) electrons. The Kier molecular flexibility index (Phi) is 3.65. The van der Waals surface area contributed by atoms with Gasteiger partial charge in [0.2, 0.25) is 0 Å². The average Bonchev–Trinajstić information content (AvgIpc) is 3.16. The van der Waals surface area contributed by atoms with Gasteiger partial charge in [0.1, 0.15) is 0 Å². The Bertz CT molecular complexity index is 514.